The molecule has 0 bridgehead atoms. The van der Waals surface area contributed by atoms with Gasteiger partial charge in [-0.1, -0.05) is 12.8 Å². The van der Waals surface area contributed by atoms with E-state index >= 15 is 0 Å². The van der Waals surface area contributed by atoms with Gasteiger partial charge < -0.3 is 4.90 Å². The van der Waals surface area contributed by atoms with E-state index in [4.69, 9.17) is 0 Å². The average molecular weight is 302 g/mol. The second-order valence-corrected chi connectivity index (χ2v) is 6.86. The average Bonchev–Trinajstić information content (AvgIpc) is 3.06. The third kappa shape index (κ3) is 3.00. The monoisotopic (exact) mass is 302 g/mol. The fraction of sp³-hybridized carbons (Fsp3) is 0.706. The maximum atomic E-state index is 12.8. The van der Waals surface area contributed by atoms with Gasteiger partial charge in [0.05, 0.1) is 0 Å². The van der Waals surface area contributed by atoms with Gasteiger partial charge in [-0.3, -0.25) is 9.69 Å². The second kappa shape index (κ2) is 6.32. The Kier molecular flexibility index (Phi) is 4.43. The number of hydrogen-bond acceptors (Lipinski definition) is 4. The van der Waals surface area contributed by atoms with Crippen molar-refractivity contribution in [3.63, 3.8) is 0 Å². The van der Waals surface area contributed by atoms with Gasteiger partial charge in [0.25, 0.3) is 5.91 Å². The molecule has 2 aliphatic rings. The summed E-state index contributed by atoms with van der Waals surface area (Å²) in [4.78, 5) is 26.0. The van der Waals surface area contributed by atoms with Crippen LogP contribution in [0, 0.1) is 0 Å². The number of piperazine rings is 1. The van der Waals surface area contributed by atoms with Crippen LogP contribution in [0.1, 0.15) is 61.8 Å². The maximum Gasteiger partial charge on any atom is 0.272 e. The molecule has 5 heteroatoms. The van der Waals surface area contributed by atoms with Crippen molar-refractivity contribution in [3.8, 4) is 0 Å². The summed E-state index contributed by atoms with van der Waals surface area (Å²) in [5, 5.41) is 0. The molecule has 0 N–H and O–H groups in total. The number of aromatic nitrogens is 2. The summed E-state index contributed by atoms with van der Waals surface area (Å²) >= 11 is 0. The fourth-order valence-electron chi connectivity index (χ4n) is 3.61. The van der Waals surface area contributed by atoms with Crippen molar-refractivity contribution >= 4 is 5.91 Å². The molecule has 3 rings (SSSR count). The largest absolute Gasteiger partial charge is 0.334 e. The zero-order valence-corrected chi connectivity index (χ0v) is 13.8. The summed E-state index contributed by atoms with van der Waals surface area (Å²) in [6.45, 7) is 5.87. The van der Waals surface area contributed by atoms with Gasteiger partial charge in [-0.25, -0.2) is 9.97 Å². The van der Waals surface area contributed by atoms with E-state index in [1.807, 2.05) is 4.90 Å². The van der Waals surface area contributed by atoms with E-state index < -0.39 is 0 Å². The van der Waals surface area contributed by atoms with Crippen molar-refractivity contribution in [3.05, 3.63) is 23.8 Å². The number of amides is 1. The van der Waals surface area contributed by atoms with Gasteiger partial charge in [0.2, 0.25) is 0 Å². The molecule has 22 heavy (non-hydrogen) atoms. The molecule has 2 fully saturated rings. The smallest absolute Gasteiger partial charge is 0.272 e. The molecule has 1 aromatic rings. The first kappa shape index (κ1) is 15.4. The fourth-order valence-corrected chi connectivity index (χ4v) is 3.61. The van der Waals surface area contributed by atoms with Gasteiger partial charge in [-0.15, -0.1) is 0 Å². The first-order valence-electron chi connectivity index (χ1n) is 8.40. The maximum absolute atomic E-state index is 12.8. The lowest BCUT2D eigenvalue weighted by molar-refractivity contribution is 0.0409. The minimum Gasteiger partial charge on any atom is -0.334 e. The molecule has 1 saturated heterocycles. The van der Waals surface area contributed by atoms with E-state index in [1.54, 1.807) is 12.3 Å². The van der Waals surface area contributed by atoms with Crippen molar-refractivity contribution in [1.82, 2.24) is 19.8 Å². The van der Waals surface area contributed by atoms with Gasteiger partial charge in [0, 0.05) is 37.3 Å². The lowest BCUT2D eigenvalue weighted by Crippen LogP contribution is -2.56. The number of rotatable bonds is 2. The molecule has 1 aromatic heterocycles. The molecule has 0 radical (unpaired) electrons. The first-order valence-corrected chi connectivity index (χ1v) is 8.40. The van der Waals surface area contributed by atoms with E-state index in [0.717, 1.165) is 31.8 Å². The summed E-state index contributed by atoms with van der Waals surface area (Å²) in [6, 6.07) is 2.52. The Bertz CT molecular complexity index is 529. The quantitative estimate of drug-likeness (QED) is 0.841. The van der Waals surface area contributed by atoms with Gasteiger partial charge in [-0.2, -0.15) is 0 Å². The van der Waals surface area contributed by atoms with Crippen LogP contribution in [-0.2, 0) is 0 Å². The minimum atomic E-state index is 0.0495. The van der Waals surface area contributed by atoms with Crippen LogP contribution in [0.5, 0.6) is 0 Å². The second-order valence-electron chi connectivity index (χ2n) is 6.86. The highest BCUT2D eigenvalue weighted by molar-refractivity contribution is 5.92. The summed E-state index contributed by atoms with van der Waals surface area (Å²) in [5.74, 6) is 1.35. The van der Waals surface area contributed by atoms with Crippen molar-refractivity contribution in [1.29, 1.82) is 0 Å². The highest BCUT2D eigenvalue weighted by Crippen LogP contribution is 2.31. The zero-order chi connectivity index (χ0) is 15.7. The van der Waals surface area contributed by atoms with Crippen LogP contribution in [0.15, 0.2) is 12.3 Å². The van der Waals surface area contributed by atoms with E-state index in [2.05, 4.69) is 35.8 Å². The Labute approximate surface area is 132 Å². The predicted octanol–water partition coefficient (Wildman–Crippen LogP) is 2.30. The summed E-state index contributed by atoms with van der Waals surface area (Å²) in [7, 11) is 2.13. The third-order valence-corrected chi connectivity index (χ3v) is 5.26. The normalized spacial score (nSPS) is 27.3. The molecular weight excluding hydrogens is 276 g/mol. The first-order chi connectivity index (χ1) is 10.6. The highest BCUT2D eigenvalue weighted by Gasteiger charge is 2.30. The lowest BCUT2D eigenvalue weighted by atomic mass is 10.1. The molecule has 1 saturated carbocycles. The Balaban J connectivity index is 1.76. The number of likely N-dealkylation sites (N-methyl/N-ethyl adjacent to an activating group) is 1. The number of nitrogens with zero attached hydrogens (tertiary/aromatic N) is 4. The van der Waals surface area contributed by atoms with Crippen LogP contribution in [0.2, 0.25) is 0 Å². The molecule has 1 aliphatic heterocycles. The van der Waals surface area contributed by atoms with Gasteiger partial charge in [0.15, 0.2) is 0 Å². The molecule has 2 atom stereocenters. The Morgan fingerprint density at radius 1 is 1.18 bits per heavy atom. The molecule has 0 spiro atoms. The molecule has 0 aromatic carbocycles. The van der Waals surface area contributed by atoms with Gasteiger partial charge in [0.1, 0.15) is 11.5 Å². The van der Waals surface area contributed by atoms with Crippen LogP contribution in [0.25, 0.3) is 0 Å². The van der Waals surface area contributed by atoms with Crippen molar-refractivity contribution in [2.24, 2.45) is 0 Å². The number of carbonyl (C=O) groups is 1. The summed E-state index contributed by atoms with van der Waals surface area (Å²) < 4.78 is 0. The SMILES string of the molecule is C[C@@H]1CN(C(=O)c2ccnc(C3CCCC3)n2)C[C@H](C)N1C. The van der Waals surface area contributed by atoms with Crippen LogP contribution in [-0.4, -0.2) is 57.9 Å². The third-order valence-electron chi connectivity index (χ3n) is 5.26. The van der Waals surface area contributed by atoms with E-state index in [9.17, 15) is 4.79 Å². The molecule has 2 heterocycles. The Morgan fingerprint density at radius 3 is 2.45 bits per heavy atom. The van der Waals surface area contributed by atoms with Crippen LogP contribution < -0.4 is 0 Å². The van der Waals surface area contributed by atoms with E-state index in [1.165, 1.54) is 12.8 Å². The number of carbonyl (C=O) groups excluding carboxylic acids is 1. The van der Waals surface area contributed by atoms with Crippen molar-refractivity contribution in [2.45, 2.75) is 57.5 Å². The predicted molar refractivity (Wildman–Crippen MR) is 85.8 cm³/mol. The Morgan fingerprint density at radius 2 is 1.82 bits per heavy atom. The zero-order valence-electron chi connectivity index (χ0n) is 13.8. The summed E-state index contributed by atoms with van der Waals surface area (Å²) in [5.41, 5.74) is 0.556. The Hall–Kier alpha value is -1.49. The lowest BCUT2D eigenvalue weighted by Gasteiger charge is -2.42. The standard InChI is InChI=1S/C17H26N4O/c1-12-10-21(11-13(2)20(12)3)17(22)15-8-9-18-16(19-15)14-6-4-5-7-14/h8-9,12-14H,4-7,10-11H2,1-3H3/t12-,13+. The van der Waals surface area contributed by atoms with Gasteiger partial charge >= 0.3 is 0 Å². The molecule has 0 unspecified atom stereocenters. The van der Waals surface area contributed by atoms with Crippen molar-refractivity contribution in [2.75, 3.05) is 20.1 Å². The molecule has 120 valence electrons. The van der Waals surface area contributed by atoms with Crippen LogP contribution in [0.3, 0.4) is 0 Å². The number of hydrogen-bond donors (Lipinski definition) is 0. The molecular formula is C17H26N4O. The summed E-state index contributed by atoms with van der Waals surface area (Å²) in [6.07, 6.45) is 6.55. The topological polar surface area (TPSA) is 49.3 Å². The molecule has 1 amide bonds. The van der Waals surface area contributed by atoms with Crippen LogP contribution >= 0.6 is 0 Å². The molecule has 5 nitrogen and oxygen atoms in total. The molecule has 1 aliphatic carbocycles. The van der Waals surface area contributed by atoms with E-state index in [0.29, 0.717) is 23.7 Å². The van der Waals surface area contributed by atoms with Crippen LogP contribution in [0.4, 0.5) is 0 Å². The minimum absolute atomic E-state index is 0.0495. The van der Waals surface area contributed by atoms with Crippen molar-refractivity contribution < 1.29 is 4.79 Å². The highest BCUT2D eigenvalue weighted by atomic mass is 16.2. The van der Waals surface area contributed by atoms with E-state index in [-0.39, 0.29) is 5.91 Å². The van der Waals surface area contributed by atoms with Gasteiger partial charge in [-0.05, 0) is 39.8 Å².